The maximum Gasteiger partial charge on any atom is 0.356 e. The minimum absolute atomic E-state index is 0.145. The minimum Gasteiger partial charge on any atom is -0.464 e. The number of hydrogen-bond acceptors (Lipinski definition) is 6. The molecule has 0 atom stereocenters. The summed E-state index contributed by atoms with van der Waals surface area (Å²) in [7, 11) is 2.67. The van der Waals surface area contributed by atoms with E-state index in [1.54, 1.807) is 16.8 Å². The number of amides is 1. The second kappa shape index (κ2) is 11.5. The molecule has 9 nitrogen and oxygen atoms in total. The number of pyridine rings is 1. The average Bonchev–Trinajstić information content (AvgIpc) is 3.50. The van der Waals surface area contributed by atoms with Gasteiger partial charge in [-0.3, -0.25) is 4.79 Å². The average molecular weight is 548 g/mol. The van der Waals surface area contributed by atoms with Gasteiger partial charge in [-0.1, -0.05) is 24.3 Å². The summed E-state index contributed by atoms with van der Waals surface area (Å²) in [4.78, 5) is 33.5. The Balaban J connectivity index is 1.54. The lowest BCUT2D eigenvalue weighted by Gasteiger charge is -2.10. The van der Waals surface area contributed by atoms with E-state index in [9.17, 15) is 18.4 Å². The molecular weight excluding hydrogens is 520 g/mol. The third kappa shape index (κ3) is 5.36. The lowest BCUT2D eigenvalue weighted by Crippen LogP contribution is -2.20. The van der Waals surface area contributed by atoms with Crippen LogP contribution in [0, 0.1) is 11.6 Å². The number of rotatable bonds is 10. The Hall–Kier alpha value is -4.77. The summed E-state index contributed by atoms with van der Waals surface area (Å²) < 4.78 is 38.8. The number of benzene rings is 2. The highest BCUT2D eigenvalue weighted by molar-refractivity contribution is 6.11. The Labute approximate surface area is 228 Å². The van der Waals surface area contributed by atoms with Crippen LogP contribution in [0.15, 0.2) is 60.9 Å². The zero-order valence-corrected chi connectivity index (χ0v) is 21.9. The van der Waals surface area contributed by atoms with E-state index in [0.717, 1.165) is 28.6 Å². The Morgan fingerprint density at radius 2 is 1.88 bits per heavy atom. The molecule has 3 aromatic heterocycles. The predicted molar refractivity (Wildman–Crippen MR) is 147 cm³/mol. The lowest BCUT2D eigenvalue weighted by atomic mass is 10.1. The number of ether oxygens (including phenoxy) is 2. The number of nitrogens with one attached hydrogen (secondary N) is 3. The molecule has 0 unspecified atom stereocenters. The first-order valence-electron chi connectivity index (χ1n) is 12.5. The number of methoxy groups -OCH3 is 2. The zero-order valence-electron chi connectivity index (χ0n) is 21.9. The number of anilines is 2. The van der Waals surface area contributed by atoms with Crippen molar-refractivity contribution in [2.45, 2.75) is 19.5 Å². The second-order valence-electron chi connectivity index (χ2n) is 9.15. The van der Waals surface area contributed by atoms with Crippen LogP contribution >= 0.6 is 0 Å². The Morgan fingerprint density at radius 3 is 2.65 bits per heavy atom. The zero-order chi connectivity index (χ0) is 28.2. The molecule has 3 heterocycles. The van der Waals surface area contributed by atoms with Gasteiger partial charge in [0.2, 0.25) is 5.91 Å². The van der Waals surface area contributed by atoms with Crippen LogP contribution in [0.25, 0.3) is 21.9 Å². The summed E-state index contributed by atoms with van der Waals surface area (Å²) in [6.07, 6.45) is 4.08. The number of aromatic amines is 1. The first-order valence-corrected chi connectivity index (χ1v) is 12.5. The molecule has 0 spiro atoms. The smallest absolute Gasteiger partial charge is 0.356 e. The molecule has 0 aliphatic heterocycles. The van der Waals surface area contributed by atoms with Crippen LogP contribution < -0.4 is 10.6 Å². The summed E-state index contributed by atoms with van der Waals surface area (Å²) in [5.41, 5.74) is 3.99. The molecule has 206 valence electrons. The van der Waals surface area contributed by atoms with Crippen molar-refractivity contribution in [1.29, 1.82) is 0 Å². The van der Waals surface area contributed by atoms with Crippen molar-refractivity contribution in [1.82, 2.24) is 14.5 Å². The number of carbonyl (C=O) groups is 2. The number of aromatic nitrogens is 3. The maximum atomic E-state index is 13.7. The molecule has 0 aliphatic rings. The predicted octanol–water partition coefficient (Wildman–Crippen LogP) is 5.02. The van der Waals surface area contributed by atoms with Gasteiger partial charge in [-0.2, -0.15) is 0 Å². The van der Waals surface area contributed by atoms with Crippen molar-refractivity contribution in [3.8, 4) is 0 Å². The van der Waals surface area contributed by atoms with E-state index in [2.05, 4.69) is 20.6 Å². The first-order chi connectivity index (χ1) is 19.4. The van der Waals surface area contributed by atoms with Gasteiger partial charge in [-0.15, -0.1) is 0 Å². The van der Waals surface area contributed by atoms with Crippen LogP contribution in [0.4, 0.5) is 20.2 Å². The fourth-order valence-electron chi connectivity index (χ4n) is 4.71. The van der Waals surface area contributed by atoms with Crippen molar-refractivity contribution < 1.29 is 27.8 Å². The van der Waals surface area contributed by atoms with Gasteiger partial charge in [0.25, 0.3) is 0 Å². The van der Waals surface area contributed by atoms with E-state index in [1.807, 2.05) is 30.5 Å². The lowest BCUT2D eigenvalue weighted by molar-refractivity contribution is -0.119. The highest BCUT2D eigenvalue weighted by Gasteiger charge is 2.26. The fraction of sp³-hybridized carbons (Fsp3) is 0.207. The van der Waals surface area contributed by atoms with E-state index < -0.39 is 23.5 Å². The number of hydrogen-bond donors (Lipinski definition) is 3. The molecule has 0 radical (unpaired) electrons. The third-order valence-corrected chi connectivity index (χ3v) is 6.58. The van der Waals surface area contributed by atoms with Gasteiger partial charge in [0.15, 0.2) is 17.3 Å². The van der Waals surface area contributed by atoms with Crippen LogP contribution in [-0.4, -0.2) is 47.2 Å². The quantitative estimate of drug-likeness (QED) is 0.212. The topological polar surface area (TPSA) is 110 Å². The molecule has 5 rings (SSSR count). The largest absolute Gasteiger partial charge is 0.464 e. The highest BCUT2D eigenvalue weighted by Crippen LogP contribution is 2.33. The molecule has 40 heavy (non-hydrogen) atoms. The number of H-pyrrole nitrogens is 1. The maximum absolute atomic E-state index is 13.7. The Kier molecular flexibility index (Phi) is 7.74. The fourth-order valence-corrected chi connectivity index (χ4v) is 4.71. The number of halogens is 2. The van der Waals surface area contributed by atoms with Crippen LogP contribution in [0.2, 0.25) is 0 Å². The van der Waals surface area contributed by atoms with E-state index in [1.165, 1.54) is 20.3 Å². The molecule has 2 aromatic carbocycles. The van der Waals surface area contributed by atoms with Crippen molar-refractivity contribution in [3.63, 3.8) is 0 Å². The van der Waals surface area contributed by atoms with Gasteiger partial charge in [-0.05, 0) is 41.8 Å². The van der Waals surface area contributed by atoms with Crippen molar-refractivity contribution in [2.75, 3.05) is 31.5 Å². The van der Waals surface area contributed by atoms with E-state index in [0.29, 0.717) is 35.2 Å². The normalized spacial score (nSPS) is 11.2. The molecule has 0 aliphatic carbocycles. The van der Waals surface area contributed by atoms with Gasteiger partial charge in [-0.25, -0.2) is 18.6 Å². The molecule has 0 fully saturated rings. The summed E-state index contributed by atoms with van der Waals surface area (Å²) in [5.74, 6) is -2.96. The Morgan fingerprint density at radius 1 is 1.05 bits per heavy atom. The number of aryl methyl sites for hydroxylation is 2. The number of carbonyl (C=O) groups excluding carboxylic acids is 2. The van der Waals surface area contributed by atoms with Gasteiger partial charge in [0, 0.05) is 42.7 Å². The molecule has 0 saturated carbocycles. The number of para-hydroxylation sites is 1. The van der Waals surface area contributed by atoms with Gasteiger partial charge in [0.05, 0.1) is 24.7 Å². The highest BCUT2D eigenvalue weighted by atomic mass is 19.2. The van der Waals surface area contributed by atoms with E-state index in [-0.39, 0.29) is 24.5 Å². The van der Waals surface area contributed by atoms with Crippen LogP contribution in [0.1, 0.15) is 21.6 Å². The molecule has 1 amide bonds. The summed E-state index contributed by atoms with van der Waals surface area (Å²) in [6.45, 7) is 0.350. The second-order valence-corrected chi connectivity index (χ2v) is 9.15. The minimum atomic E-state index is -0.939. The van der Waals surface area contributed by atoms with Crippen LogP contribution in [-0.2, 0) is 33.8 Å². The summed E-state index contributed by atoms with van der Waals surface area (Å²) in [6, 6.07) is 13.3. The Bertz CT molecular complexity index is 1710. The molecule has 5 aromatic rings. The summed E-state index contributed by atoms with van der Waals surface area (Å²) >= 11 is 0. The molecule has 11 heteroatoms. The van der Waals surface area contributed by atoms with Crippen molar-refractivity contribution >= 4 is 45.2 Å². The van der Waals surface area contributed by atoms with Gasteiger partial charge >= 0.3 is 5.97 Å². The third-order valence-electron chi connectivity index (χ3n) is 6.58. The molecule has 0 bridgehead atoms. The van der Waals surface area contributed by atoms with Crippen molar-refractivity contribution in [2.24, 2.45) is 0 Å². The number of fused-ring (bicyclic) bond motifs is 2. The van der Waals surface area contributed by atoms with Gasteiger partial charge < -0.3 is 29.7 Å². The van der Waals surface area contributed by atoms with Gasteiger partial charge in [0.1, 0.15) is 12.3 Å². The van der Waals surface area contributed by atoms with E-state index in [4.69, 9.17) is 9.47 Å². The van der Waals surface area contributed by atoms with Crippen molar-refractivity contribution in [3.05, 3.63) is 89.4 Å². The number of esters is 1. The molecule has 3 N–H and O–H groups in total. The molecular formula is C29H27F2N5O4. The van der Waals surface area contributed by atoms with E-state index >= 15 is 0 Å². The SMILES string of the molecule is COCC(=O)Nc1c(C(=O)OC)n(CCc2c[nH]c3ccccc23)c2ncc(NCc3ccc(F)c(F)c3)cc12. The summed E-state index contributed by atoms with van der Waals surface area (Å²) in [5, 5.41) is 7.48. The number of nitrogens with zero attached hydrogens (tertiary/aromatic N) is 2. The molecule has 0 saturated heterocycles. The van der Waals surface area contributed by atoms with Crippen LogP contribution in [0.5, 0.6) is 0 Å². The standard InChI is InChI=1S/C29H27F2N5O4/c1-39-16-25(37)35-26-21-12-19(32-13-17-7-8-22(30)23(31)11-17)15-34-28(21)36(27(26)29(38)40-2)10-9-18-14-33-24-6-4-3-5-20(18)24/h3-8,11-12,14-15,32-33H,9-10,13,16H2,1-2H3,(H,35,37). The van der Waals surface area contributed by atoms with Crippen LogP contribution in [0.3, 0.4) is 0 Å². The monoisotopic (exact) mass is 547 g/mol. The first kappa shape index (κ1) is 26.8.